The monoisotopic (exact) mass is 1590 g/mol. The highest BCUT2D eigenvalue weighted by molar-refractivity contribution is 5.70. The number of benzene rings is 7. The predicted octanol–water partition coefficient (Wildman–Crippen LogP) is 23.9. The molecule has 0 atom stereocenters. The topological polar surface area (TPSA) is 27.2 Å². The van der Waals surface area contributed by atoms with Gasteiger partial charge in [0.25, 0.3) is 0 Å². The van der Waals surface area contributed by atoms with Gasteiger partial charge >= 0.3 is 0 Å². The van der Waals surface area contributed by atoms with Gasteiger partial charge in [0.2, 0.25) is 39.9 Å². The number of pyridine rings is 7. The Morgan fingerprint density at radius 2 is 0.437 bits per heavy atom. The van der Waals surface area contributed by atoms with Crippen molar-refractivity contribution in [3.8, 4) is 78.8 Å². The third kappa shape index (κ3) is 22.9. The SMILES string of the molecule is Cc1cc(C)[n+](C)c(-c2c(C)cccc2C)c1.Cc1cc(C)[n+](C)c(-c2c(C)cccc2C)c1.Cc1ccc(C)c(-c2cc(C)cc(C)[n+]2C)c1.Cc1ccc(C)c(-c2cc(C)cc(C)[n+]2C)c1.Cc1ccccc1-c1c(C)c(C)cc(C)[n+]1C.Cc1ccccc1-c1c(C)c(C)cc(C)[n+]1C.[2H]C([2H])([2H])c1ccc(-c2cc(C)cc(C)[n+]2C)c(C)c1. The minimum atomic E-state index is -2.05. The fourth-order valence-electron chi connectivity index (χ4n) is 16.2. The van der Waals surface area contributed by atoms with Crippen molar-refractivity contribution in [1.82, 2.24) is 0 Å². The zero-order chi connectivity index (χ0) is 90.5. The molecule has 0 radical (unpaired) electrons. The predicted molar refractivity (Wildman–Crippen MR) is 504 cm³/mol. The summed E-state index contributed by atoms with van der Waals surface area (Å²) >= 11 is 0. The van der Waals surface area contributed by atoms with Crippen LogP contribution in [0.15, 0.2) is 212 Å². The molecule has 0 amide bonds. The maximum atomic E-state index is 7.48. The van der Waals surface area contributed by atoms with E-state index in [2.05, 4.69) is 448 Å². The maximum absolute atomic E-state index is 7.48. The van der Waals surface area contributed by atoms with Crippen molar-refractivity contribution in [3.63, 3.8) is 0 Å². The molecule has 7 heterocycles. The second-order valence-corrected chi connectivity index (χ2v) is 33.9. The van der Waals surface area contributed by atoms with E-state index in [1.807, 2.05) is 20.0 Å². The van der Waals surface area contributed by atoms with Crippen molar-refractivity contribution in [2.75, 3.05) is 0 Å². The molecule has 0 bridgehead atoms. The Hall–Kier alpha value is -11.4. The average molecular weight is 1590 g/mol. The molecule has 7 aromatic carbocycles. The average Bonchev–Trinajstić information content (AvgIpc) is 0.781. The van der Waals surface area contributed by atoms with Crippen LogP contribution in [0, 0.1) is 194 Å². The van der Waals surface area contributed by atoms with Crippen LogP contribution in [0.4, 0.5) is 0 Å². The van der Waals surface area contributed by atoms with Crippen LogP contribution in [0.1, 0.15) is 161 Å². The molecule has 0 aliphatic rings. The highest BCUT2D eigenvalue weighted by atomic mass is 15.0. The van der Waals surface area contributed by atoms with Crippen LogP contribution in [-0.2, 0) is 49.3 Å². The number of rotatable bonds is 7. The number of nitrogens with zero attached hydrogens (tertiary/aromatic N) is 7. The Balaban J connectivity index is 0.000000177. The summed E-state index contributed by atoms with van der Waals surface area (Å²) in [5.41, 5.74) is 53.7. The maximum Gasteiger partial charge on any atom is 0.215 e. The van der Waals surface area contributed by atoms with Gasteiger partial charge in [-0.25, -0.2) is 0 Å². The van der Waals surface area contributed by atoms with Gasteiger partial charge in [-0.2, -0.15) is 32.0 Å². The second-order valence-electron chi connectivity index (χ2n) is 33.9. The number of hydrogen-bond donors (Lipinski definition) is 0. The lowest BCUT2D eigenvalue weighted by Gasteiger charge is -2.10. The van der Waals surface area contributed by atoms with Gasteiger partial charge in [-0.05, 0) is 265 Å². The molecule has 0 N–H and O–H groups in total. The van der Waals surface area contributed by atoms with Gasteiger partial charge in [-0.15, -0.1) is 0 Å². The summed E-state index contributed by atoms with van der Waals surface area (Å²) < 4.78 is 38.2. The summed E-state index contributed by atoms with van der Waals surface area (Å²) in [6.07, 6.45) is 0. The van der Waals surface area contributed by atoms with Crippen molar-refractivity contribution in [3.05, 3.63) is 369 Å². The van der Waals surface area contributed by atoms with Crippen molar-refractivity contribution in [2.24, 2.45) is 49.3 Å². The molecule has 0 saturated carbocycles. The quantitative estimate of drug-likeness (QED) is 0.142. The fraction of sp³-hybridized carbons (Fsp3) is 0.312. The van der Waals surface area contributed by atoms with Crippen LogP contribution in [0.3, 0.4) is 0 Å². The molecule has 0 aliphatic heterocycles. The minimum Gasteiger partial charge on any atom is -0.199 e. The summed E-state index contributed by atoms with van der Waals surface area (Å²) in [7, 11) is 14.8. The molecule has 0 unspecified atom stereocenters. The van der Waals surface area contributed by atoms with E-state index < -0.39 is 6.85 Å². The summed E-state index contributed by atoms with van der Waals surface area (Å²) in [6.45, 7) is 56.1. The first-order chi connectivity index (χ1) is 57.2. The molecule has 119 heavy (non-hydrogen) atoms. The van der Waals surface area contributed by atoms with E-state index in [9.17, 15) is 0 Å². The molecular formula is C112H140N7+7. The zero-order valence-corrected chi connectivity index (χ0v) is 78.8. The summed E-state index contributed by atoms with van der Waals surface area (Å²) in [5, 5.41) is 0. The van der Waals surface area contributed by atoms with E-state index >= 15 is 0 Å². The molecule has 14 rings (SSSR count). The molecule has 7 nitrogen and oxygen atoms in total. The van der Waals surface area contributed by atoms with E-state index in [1.165, 1.54) is 213 Å². The van der Waals surface area contributed by atoms with Gasteiger partial charge in [0.1, 0.15) is 49.3 Å². The number of aromatic nitrogens is 7. The van der Waals surface area contributed by atoms with Crippen molar-refractivity contribution >= 4 is 0 Å². The summed E-state index contributed by atoms with van der Waals surface area (Å²) in [6, 6.07) is 75.4. The normalized spacial score (nSPS) is 11.1. The lowest BCUT2D eigenvalue weighted by atomic mass is 9.98. The Morgan fingerprint density at radius 1 is 0.176 bits per heavy atom. The Labute approximate surface area is 722 Å². The number of aryl methyl sites for hydroxylation is 26. The fourth-order valence-corrected chi connectivity index (χ4v) is 16.2. The van der Waals surface area contributed by atoms with Crippen molar-refractivity contribution in [1.29, 1.82) is 0 Å². The van der Waals surface area contributed by atoms with E-state index in [0.29, 0.717) is 5.56 Å². The molecule has 0 aliphatic carbocycles. The first-order valence-electron chi connectivity index (χ1n) is 43.5. The highest BCUT2D eigenvalue weighted by Crippen LogP contribution is 2.32. The minimum absolute atomic E-state index is 0.394. The van der Waals surface area contributed by atoms with E-state index in [0.717, 1.165) is 16.8 Å². The van der Waals surface area contributed by atoms with E-state index in [1.54, 1.807) is 12.1 Å². The highest BCUT2D eigenvalue weighted by Gasteiger charge is 2.25. The zero-order valence-electron chi connectivity index (χ0n) is 81.8. The van der Waals surface area contributed by atoms with Crippen LogP contribution in [-0.4, -0.2) is 0 Å². The number of hydrogen-bond acceptors (Lipinski definition) is 0. The smallest absolute Gasteiger partial charge is 0.199 e. The lowest BCUT2D eigenvalue weighted by Crippen LogP contribution is -2.36. The van der Waals surface area contributed by atoms with Crippen molar-refractivity contribution in [2.45, 2.75) is 194 Å². The van der Waals surface area contributed by atoms with Gasteiger partial charge in [-0.3, -0.25) is 0 Å². The first-order valence-corrected chi connectivity index (χ1v) is 42.0. The summed E-state index contributed by atoms with van der Waals surface area (Å²) in [4.78, 5) is 0. The van der Waals surface area contributed by atoms with E-state index in [4.69, 9.17) is 4.11 Å². The van der Waals surface area contributed by atoms with Crippen LogP contribution < -0.4 is 32.0 Å². The van der Waals surface area contributed by atoms with Gasteiger partial charge in [-0.1, -0.05) is 126 Å². The Kier molecular flexibility index (Phi) is 30.3. The molecule has 14 aromatic rings. The van der Waals surface area contributed by atoms with Gasteiger partial charge < -0.3 is 0 Å². The molecule has 7 aromatic heterocycles. The molecular weight excluding hydrogens is 1440 g/mol. The lowest BCUT2D eigenvalue weighted by molar-refractivity contribution is -0.667. The van der Waals surface area contributed by atoms with Crippen molar-refractivity contribution < 1.29 is 36.1 Å². The second kappa shape index (κ2) is 40.8. The molecule has 7 heteroatoms. The van der Waals surface area contributed by atoms with E-state index in [-0.39, 0.29) is 0 Å². The molecule has 616 valence electrons. The standard InChI is InChI=1S/7C16H20N/c2*1-11-6-7-13(3)15(9-11)16-10-12(2)8-14(4)17(16)5;1-11-6-7-15(13(3)8-11)16-10-12(2)9-14(4)17(16)5;2*1-11-9-14(4)17(5)15(10-11)16-12(2)7-6-8-13(16)3;2*1-11-8-6-7-9-15(11)16-14(4)12(2)10-13(3)17(16)5/h7*6-10H,1-5H3/q7*+1/i;;1D3;;;;. The van der Waals surface area contributed by atoms with Gasteiger partial charge in [0.05, 0.1) is 11.1 Å². The summed E-state index contributed by atoms with van der Waals surface area (Å²) in [5.74, 6) is 0. The Morgan fingerprint density at radius 3 is 0.739 bits per heavy atom. The van der Waals surface area contributed by atoms with Gasteiger partial charge in [0.15, 0.2) is 39.9 Å². The third-order valence-electron chi connectivity index (χ3n) is 24.0. The molecule has 0 saturated heterocycles. The van der Waals surface area contributed by atoms with Gasteiger partial charge in [0, 0.05) is 164 Å². The van der Waals surface area contributed by atoms with Crippen LogP contribution >= 0.6 is 0 Å². The molecule has 0 fully saturated rings. The third-order valence-corrected chi connectivity index (χ3v) is 24.0. The molecule has 0 spiro atoms. The van der Waals surface area contributed by atoms with Crippen LogP contribution in [0.2, 0.25) is 0 Å². The Bertz CT molecular complexity index is 5760. The largest absolute Gasteiger partial charge is 0.215 e. The van der Waals surface area contributed by atoms with Crippen LogP contribution in [0.25, 0.3) is 78.8 Å². The first kappa shape index (κ1) is 88.4. The van der Waals surface area contributed by atoms with Crippen LogP contribution in [0.5, 0.6) is 0 Å².